The molecule has 0 bridgehead atoms. The van der Waals surface area contributed by atoms with Gasteiger partial charge < -0.3 is 10.1 Å². The van der Waals surface area contributed by atoms with Gasteiger partial charge in [0.2, 0.25) is 0 Å². The number of benzene rings is 1. The fourth-order valence-corrected chi connectivity index (χ4v) is 5.51. The molecule has 0 spiro atoms. The van der Waals surface area contributed by atoms with Crippen LogP contribution in [0.4, 0.5) is 5.00 Å². The van der Waals surface area contributed by atoms with Crippen LogP contribution in [0.25, 0.3) is 0 Å². The maximum atomic E-state index is 12.7. The third kappa shape index (κ3) is 4.77. The van der Waals surface area contributed by atoms with Crippen molar-refractivity contribution in [2.45, 2.75) is 59.5 Å². The first-order valence-electron chi connectivity index (χ1n) is 10.1. The maximum Gasteiger partial charge on any atom is 0.265 e. The van der Waals surface area contributed by atoms with Gasteiger partial charge in [-0.2, -0.15) is 5.26 Å². The second-order valence-corrected chi connectivity index (χ2v) is 10.4. The lowest BCUT2D eigenvalue weighted by Gasteiger charge is -2.36. The molecule has 4 nitrogen and oxygen atoms in total. The van der Waals surface area contributed by atoms with Gasteiger partial charge >= 0.3 is 0 Å². The van der Waals surface area contributed by atoms with E-state index in [0.29, 0.717) is 32.3 Å². The molecule has 2 atom stereocenters. The summed E-state index contributed by atoms with van der Waals surface area (Å²) in [5.41, 5.74) is 1.95. The summed E-state index contributed by atoms with van der Waals surface area (Å²) in [5.74, 6) is 0.652. The minimum absolute atomic E-state index is 0.262. The summed E-state index contributed by atoms with van der Waals surface area (Å²) in [7, 11) is 0. The Balaban J connectivity index is 1.75. The minimum Gasteiger partial charge on any atom is -0.479 e. The molecule has 2 aromatic rings. The molecule has 0 fully saturated rings. The van der Waals surface area contributed by atoms with Crippen molar-refractivity contribution in [3.05, 3.63) is 44.2 Å². The molecule has 1 aromatic heterocycles. The van der Waals surface area contributed by atoms with Crippen LogP contribution in [0.5, 0.6) is 5.75 Å². The molecule has 1 aliphatic rings. The van der Waals surface area contributed by atoms with E-state index >= 15 is 0 Å². The number of carbonyl (C=O) groups excluding carboxylic acids is 1. The zero-order valence-electron chi connectivity index (χ0n) is 17.6. The Kier molecular flexibility index (Phi) is 7.02. The number of nitrogens with zero attached hydrogens (tertiary/aromatic N) is 1. The van der Waals surface area contributed by atoms with Crippen molar-refractivity contribution < 1.29 is 9.53 Å². The topological polar surface area (TPSA) is 62.1 Å². The van der Waals surface area contributed by atoms with E-state index in [9.17, 15) is 10.1 Å². The van der Waals surface area contributed by atoms with Crippen LogP contribution in [0, 0.1) is 22.7 Å². The number of hydrogen-bond donors (Lipinski definition) is 1. The van der Waals surface area contributed by atoms with E-state index in [0.717, 1.165) is 31.2 Å². The molecule has 0 radical (unpaired) electrons. The predicted octanol–water partition coefficient (Wildman–Crippen LogP) is 6.87. The zero-order valence-corrected chi connectivity index (χ0v) is 20.0. The largest absolute Gasteiger partial charge is 0.479 e. The maximum absolute atomic E-state index is 12.7. The van der Waals surface area contributed by atoms with Crippen LogP contribution in [-0.4, -0.2) is 12.0 Å². The first kappa shape index (κ1) is 22.9. The Morgan fingerprint density at radius 2 is 2.17 bits per heavy atom. The summed E-state index contributed by atoms with van der Waals surface area (Å²) in [4.78, 5) is 14.0. The Labute approximate surface area is 192 Å². The Morgan fingerprint density at radius 1 is 1.43 bits per heavy atom. The zero-order chi connectivity index (χ0) is 22.1. The molecule has 1 heterocycles. The van der Waals surface area contributed by atoms with Crippen LogP contribution >= 0.6 is 34.5 Å². The molecule has 1 amide bonds. The molecule has 0 saturated carbocycles. The van der Waals surface area contributed by atoms with E-state index in [1.165, 1.54) is 16.2 Å². The highest BCUT2D eigenvalue weighted by Crippen LogP contribution is 2.45. The number of carbonyl (C=O) groups is 1. The summed E-state index contributed by atoms with van der Waals surface area (Å²) >= 11 is 13.6. The number of hydrogen-bond acceptors (Lipinski definition) is 4. The number of nitrogens with one attached hydrogen (secondary N) is 1. The van der Waals surface area contributed by atoms with Gasteiger partial charge in [-0.15, -0.1) is 11.3 Å². The normalized spacial score (nSPS) is 17.0. The molecule has 7 heteroatoms. The minimum atomic E-state index is -0.777. The summed E-state index contributed by atoms with van der Waals surface area (Å²) in [6, 6.07) is 7.16. The highest BCUT2D eigenvalue weighted by atomic mass is 35.5. The van der Waals surface area contributed by atoms with E-state index in [1.54, 1.807) is 25.1 Å². The number of nitriles is 1. The molecular formula is C23H26Cl2N2O2S. The van der Waals surface area contributed by atoms with Gasteiger partial charge in [0, 0.05) is 9.90 Å². The number of amides is 1. The third-order valence-corrected chi connectivity index (χ3v) is 7.90. The fraction of sp³-hybridized carbons (Fsp3) is 0.478. The van der Waals surface area contributed by atoms with Crippen molar-refractivity contribution in [1.82, 2.24) is 0 Å². The second-order valence-electron chi connectivity index (χ2n) is 8.43. The van der Waals surface area contributed by atoms with Crippen molar-refractivity contribution in [3.63, 3.8) is 0 Å². The molecule has 1 N–H and O–H groups in total. The van der Waals surface area contributed by atoms with Crippen LogP contribution in [0.3, 0.4) is 0 Å². The van der Waals surface area contributed by atoms with Crippen LogP contribution in [-0.2, 0) is 17.6 Å². The number of anilines is 1. The van der Waals surface area contributed by atoms with E-state index in [2.05, 4.69) is 32.2 Å². The number of thiophene rings is 1. The van der Waals surface area contributed by atoms with Crippen LogP contribution < -0.4 is 10.1 Å². The van der Waals surface area contributed by atoms with Gasteiger partial charge in [0.1, 0.15) is 16.8 Å². The molecule has 1 aliphatic carbocycles. The fourth-order valence-electron chi connectivity index (χ4n) is 3.78. The first-order valence-corrected chi connectivity index (χ1v) is 11.7. The Hall–Kier alpha value is -1.74. The van der Waals surface area contributed by atoms with Gasteiger partial charge in [-0.05, 0) is 61.3 Å². The van der Waals surface area contributed by atoms with Gasteiger partial charge in [0.05, 0.1) is 10.6 Å². The average Bonchev–Trinajstić information content (AvgIpc) is 3.05. The highest BCUT2D eigenvalue weighted by Gasteiger charge is 2.34. The lowest BCUT2D eigenvalue weighted by atomic mass is 9.69. The molecule has 0 aliphatic heterocycles. The summed E-state index contributed by atoms with van der Waals surface area (Å²) in [6.45, 7) is 8.50. The number of rotatable bonds is 6. The molecule has 0 saturated heterocycles. The van der Waals surface area contributed by atoms with E-state index in [-0.39, 0.29) is 11.3 Å². The summed E-state index contributed by atoms with van der Waals surface area (Å²) in [6.07, 6.45) is 3.25. The molecule has 160 valence electrons. The van der Waals surface area contributed by atoms with Crippen molar-refractivity contribution >= 4 is 45.4 Å². The van der Waals surface area contributed by atoms with Crippen molar-refractivity contribution in [2.24, 2.45) is 11.3 Å². The lowest BCUT2D eigenvalue weighted by Crippen LogP contribution is -2.30. The average molecular weight is 465 g/mol. The summed E-state index contributed by atoms with van der Waals surface area (Å²) < 4.78 is 5.71. The summed E-state index contributed by atoms with van der Waals surface area (Å²) in [5, 5.41) is 14.1. The van der Waals surface area contributed by atoms with Crippen LogP contribution in [0.2, 0.25) is 10.0 Å². The lowest BCUT2D eigenvalue weighted by molar-refractivity contribution is -0.122. The second kappa shape index (κ2) is 9.18. The predicted molar refractivity (Wildman–Crippen MR) is 124 cm³/mol. The molecular weight excluding hydrogens is 439 g/mol. The van der Waals surface area contributed by atoms with Crippen molar-refractivity contribution in [1.29, 1.82) is 5.26 Å². The molecule has 1 aromatic carbocycles. The quantitative estimate of drug-likeness (QED) is 0.506. The third-order valence-electron chi connectivity index (χ3n) is 6.20. The van der Waals surface area contributed by atoms with E-state index < -0.39 is 6.10 Å². The first-order chi connectivity index (χ1) is 14.2. The molecule has 3 rings (SSSR count). The number of fused-ring (bicyclic) bond motifs is 1. The van der Waals surface area contributed by atoms with Crippen molar-refractivity contribution in [2.75, 3.05) is 5.32 Å². The Bertz CT molecular complexity index is 994. The van der Waals surface area contributed by atoms with Gasteiger partial charge in [0.25, 0.3) is 5.91 Å². The standard InChI is InChI=1S/C23H26Cl2N2O2S/c1-5-23(3,4)14-6-8-16-17(12-26)22(30-20(16)10-14)27-21(28)13(2)29-19-9-7-15(24)11-18(19)25/h7,9,11,13-14H,5-6,8,10H2,1-4H3,(H,27,28). The highest BCUT2D eigenvalue weighted by molar-refractivity contribution is 7.16. The van der Waals surface area contributed by atoms with Gasteiger partial charge in [-0.3, -0.25) is 4.79 Å². The van der Waals surface area contributed by atoms with E-state index in [1.807, 2.05) is 0 Å². The SMILES string of the molecule is CCC(C)(C)C1CCc2c(sc(NC(=O)C(C)Oc3ccc(Cl)cc3Cl)c2C#N)C1. The number of halogens is 2. The van der Waals surface area contributed by atoms with Gasteiger partial charge in [0.15, 0.2) is 6.10 Å². The molecule has 30 heavy (non-hydrogen) atoms. The van der Waals surface area contributed by atoms with Crippen LogP contribution in [0.1, 0.15) is 56.5 Å². The number of ether oxygens (including phenoxy) is 1. The van der Waals surface area contributed by atoms with Gasteiger partial charge in [-0.25, -0.2) is 0 Å². The van der Waals surface area contributed by atoms with Gasteiger partial charge in [-0.1, -0.05) is 50.4 Å². The van der Waals surface area contributed by atoms with Crippen LogP contribution in [0.15, 0.2) is 18.2 Å². The monoisotopic (exact) mass is 464 g/mol. The van der Waals surface area contributed by atoms with Crippen molar-refractivity contribution in [3.8, 4) is 11.8 Å². The smallest absolute Gasteiger partial charge is 0.265 e. The Morgan fingerprint density at radius 3 is 2.80 bits per heavy atom. The van der Waals surface area contributed by atoms with E-state index in [4.69, 9.17) is 27.9 Å². The molecule has 2 unspecified atom stereocenters.